The van der Waals surface area contributed by atoms with Gasteiger partial charge in [0.2, 0.25) is 0 Å². The Morgan fingerprint density at radius 2 is 1.94 bits per heavy atom. The molecule has 0 radical (unpaired) electrons. The number of ether oxygens (including phenoxy) is 1. The number of aryl methyl sites for hydroxylation is 3. The van der Waals surface area contributed by atoms with Gasteiger partial charge in [0.15, 0.2) is 5.82 Å². The second-order valence-corrected chi connectivity index (χ2v) is 9.89. The van der Waals surface area contributed by atoms with Gasteiger partial charge in [-0.3, -0.25) is 4.21 Å². The normalized spacial score (nSPS) is 12.5. The van der Waals surface area contributed by atoms with Crippen LogP contribution in [0.5, 0.6) is 0 Å². The smallest absolute Gasteiger partial charge is 0.151 e. The van der Waals surface area contributed by atoms with Crippen molar-refractivity contribution < 1.29 is 8.95 Å². The lowest BCUT2D eigenvalue weighted by Crippen LogP contribution is -2.08. The van der Waals surface area contributed by atoms with Crippen LogP contribution in [0.15, 0.2) is 23.1 Å². The first-order valence-electron chi connectivity index (χ1n) is 10.3. The van der Waals surface area contributed by atoms with Crippen LogP contribution in [-0.2, 0) is 28.5 Å². The Balaban J connectivity index is 1.67. The van der Waals surface area contributed by atoms with Crippen molar-refractivity contribution in [1.82, 2.24) is 14.5 Å². The summed E-state index contributed by atoms with van der Waals surface area (Å²) in [7, 11) is 0.551. The molecule has 31 heavy (non-hydrogen) atoms. The number of hydrogen-bond donors (Lipinski definition) is 1. The van der Waals surface area contributed by atoms with Crippen LogP contribution >= 0.6 is 23.2 Å². The number of benzene rings is 1. The standard InChI is InChI=1S/C22H28Cl2N4O2S/c1-14-15(2)26-22(25)20-21(14)28(19(27-20)9-11-30-3)10-5-4-6-12-31(29)18-8-7-16(23)13-17(18)24/h7-8,13H,4-6,9-12H2,1-3H3,(H2,25,26). The first-order chi connectivity index (χ1) is 14.8. The lowest BCUT2D eigenvalue weighted by atomic mass is 10.2. The highest BCUT2D eigenvalue weighted by molar-refractivity contribution is 7.85. The minimum atomic E-state index is -1.14. The second-order valence-electron chi connectivity index (χ2n) is 7.51. The van der Waals surface area contributed by atoms with Crippen LogP contribution in [0.2, 0.25) is 10.0 Å². The fourth-order valence-corrected chi connectivity index (χ4v) is 5.47. The number of rotatable bonds is 10. The molecular weight excluding hydrogens is 455 g/mol. The Labute approximate surface area is 195 Å². The number of anilines is 1. The summed E-state index contributed by atoms with van der Waals surface area (Å²) >= 11 is 12.1. The van der Waals surface area contributed by atoms with E-state index in [1.165, 1.54) is 0 Å². The van der Waals surface area contributed by atoms with Gasteiger partial charge in [-0.05, 0) is 50.5 Å². The van der Waals surface area contributed by atoms with Gasteiger partial charge in [0.05, 0.1) is 32.8 Å². The van der Waals surface area contributed by atoms with Crippen molar-refractivity contribution >= 4 is 50.9 Å². The Morgan fingerprint density at radius 3 is 2.65 bits per heavy atom. The largest absolute Gasteiger partial charge is 0.384 e. The number of nitrogens with zero attached hydrogens (tertiary/aromatic N) is 3. The summed E-state index contributed by atoms with van der Waals surface area (Å²) in [6.07, 6.45) is 3.44. The molecule has 0 saturated carbocycles. The molecule has 1 atom stereocenters. The molecule has 3 rings (SSSR count). The molecule has 0 aliphatic carbocycles. The molecule has 3 aromatic rings. The molecule has 1 aromatic carbocycles. The Kier molecular flexibility index (Phi) is 8.33. The van der Waals surface area contributed by atoms with Gasteiger partial charge in [-0.2, -0.15) is 0 Å². The summed E-state index contributed by atoms with van der Waals surface area (Å²) < 4.78 is 20.1. The molecule has 2 heterocycles. The summed E-state index contributed by atoms with van der Waals surface area (Å²) in [5.74, 6) is 1.98. The molecule has 0 bridgehead atoms. The zero-order valence-corrected chi connectivity index (χ0v) is 20.4. The number of aromatic nitrogens is 3. The zero-order chi connectivity index (χ0) is 22.5. The molecule has 168 valence electrons. The Morgan fingerprint density at radius 1 is 1.16 bits per heavy atom. The van der Waals surface area contributed by atoms with Crippen molar-refractivity contribution in [3.8, 4) is 0 Å². The first-order valence-corrected chi connectivity index (χ1v) is 12.3. The zero-order valence-electron chi connectivity index (χ0n) is 18.1. The van der Waals surface area contributed by atoms with E-state index in [2.05, 4.69) is 16.5 Å². The molecule has 2 aromatic heterocycles. The molecule has 6 nitrogen and oxygen atoms in total. The highest BCUT2D eigenvalue weighted by Crippen LogP contribution is 2.27. The molecule has 0 aliphatic rings. The van der Waals surface area contributed by atoms with Crippen LogP contribution < -0.4 is 5.73 Å². The van der Waals surface area contributed by atoms with E-state index in [1.54, 1.807) is 25.3 Å². The Bertz CT molecular complexity index is 1100. The molecule has 9 heteroatoms. The van der Waals surface area contributed by atoms with Gasteiger partial charge in [-0.15, -0.1) is 0 Å². The fraction of sp³-hybridized carbons (Fsp3) is 0.455. The van der Waals surface area contributed by atoms with E-state index in [-0.39, 0.29) is 0 Å². The van der Waals surface area contributed by atoms with Crippen molar-refractivity contribution in [2.45, 2.75) is 51.0 Å². The van der Waals surface area contributed by atoms with Crippen LogP contribution in [0.25, 0.3) is 11.0 Å². The third-order valence-electron chi connectivity index (χ3n) is 5.36. The maximum absolute atomic E-state index is 12.6. The maximum atomic E-state index is 12.6. The summed E-state index contributed by atoms with van der Waals surface area (Å²) in [5, 5.41) is 1.000. The van der Waals surface area contributed by atoms with Crippen molar-refractivity contribution in [1.29, 1.82) is 0 Å². The van der Waals surface area contributed by atoms with Crippen LogP contribution in [-0.4, -0.2) is 38.2 Å². The summed E-state index contributed by atoms with van der Waals surface area (Å²) in [6.45, 7) is 5.43. The van der Waals surface area contributed by atoms with E-state index in [9.17, 15) is 4.21 Å². The minimum Gasteiger partial charge on any atom is -0.384 e. The van der Waals surface area contributed by atoms with Gasteiger partial charge >= 0.3 is 0 Å². The predicted molar refractivity (Wildman–Crippen MR) is 129 cm³/mol. The average molecular weight is 483 g/mol. The van der Waals surface area contributed by atoms with Gasteiger partial charge in [-0.1, -0.05) is 29.6 Å². The number of imidazole rings is 1. The van der Waals surface area contributed by atoms with Crippen LogP contribution in [0, 0.1) is 13.8 Å². The molecule has 0 saturated heterocycles. The molecule has 0 fully saturated rings. The summed E-state index contributed by atoms with van der Waals surface area (Å²) in [5.41, 5.74) is 9.97. The number of unbranched alkanes of at least 4 members (excludes halogenated alkanes) is 2. The van der Waals surface area contributed by atoms with Gasteiger partial charge in [0.1, 0.15) is 11.3 Å². The van der Waals surface area contributed by atoms with Crippen molar-refractivity contribution in [3.05, 3.63) is 45.3 Å². The molecule has 0 spiro atoms. The monoisotopic (exact) mass is 482 g/mol. The average Bonchev–Trinajstić information content (AvgIpc) is 3.09. The van der Waals surface area contributed by atoms with Crippen LogP contribution in [0.4, 0.5) is 5.82 Å². The number of halogens is 2. The predicted octanol–water partition coefficient (Wildman–Crippen LogP) is 5.10. The van der Waals surface area contributed by atoms with Crippen LogP contribution in [0.3, 0.4) is 0 Å². The maximum Gasteiger partial charge on any atom is 0.151 e. The van der Waals surface area contributed by atoms with Gasteiger partial charge in [-0.25, -0.2) is 9.97 Å². The molecule has 0 aliphatic heterocycles. The third kappa shape index (κ3) is 5.58. The highest BCUT2D eigenvalue weighted by Gasteiger charge is 2.17. The van der Waals surface area contributed by atoms with Crippen molar-refractivity contribution in [2.75, 3.05) is 25.2 Å². The second kappa shape index (κ2) is 10.8. The number of hydrogen-bond acceptors (Lipinski definition) is 5. The van der Waals surface area contributed by atoms with E-state index >= 15 is 0 Å². The number of pyridine rings is 1. The number of fused-ring (bicyclic) bond motifs is 1. The number of methoxy groups -OCH3 is 1. The highest BCUT2D eigenvalue weighted by atomic mass is 35.5. The van der Waals surface area contributed by atoms with E-state index < -0.39 is 10.8 Å². The van der Waals surface area contributed by atoms with Crippen LogP contribution in [0.1, 0.15) is 36.3 Å². The fourth-order valence-electron chi connectivity index (χ4n) is 3.62. The van der Waals surface area contributed by atoms with Crippen molar-refractivity contribution in [3.63, 3.8) is 0 Å². The number of nitrogen functional groups attached to an aromatic ring is 1. The molecule has 1 unspecified atom stereocenters. The third-order valence-corrected chi connectivity index (χ3v) is 7.52. The van der Waals surface area contributed by atoms with Gasteiger partial charge < -0.3 is 15.0 Å². The van der Waals surface area contributed by atoms with E-state index in [0.717, 1.165) is 53.9 Å². The van der Waals surface area contributed by atoms with Gasteiger partial charge in [0, 0.05) is 36.5 Å². The topological polar surface area (TPSA) is 83.0 Å². The SMILES string of the molecule is COCCc1nc2c(N)nc(C)c(C)c2n1CCCCCS(=O)c1ccc(Cl)cc1Cl. The van der Waals surface area contributed by atoms with Gasteiger partial charge in [0.25, 0.3) is 0 Å². The quantitative estimate of drug-likeness (QED) is 0.406. The molecule has 2 N–H and O–H groups in total. The lowest BCUT2D eigenvalue weighted by Gasteiger charge is -2.12. The number of nitrogens with two attached hydrogens (primary N) is 1. The van der Waals surface area contributed by atoms with E-state index in [1.807, 2.05) is 6.92 Å². The Hall–Kier alpha value is -1.67. The lowest BCUT2D eigenvalue weighted by molar-refractivity contribution is 0.199. The summed E-state index contributed by atoms with van der Waals surface area (Å²) in [6, 6.07) is 5.09. The molecule has 0 amide bonds. The van der Waals surface area contributed by atoms with E-state index in [0.29, 0.717) is 39.5 Å². The minimum absolute atomic E-state index is 0.454. The first kappa shape index (κ1) is 24.0. The molecular formula is C22H28Cl2N4O2S. The van der Waals surface area contributed by atoms with Crippen molar-refractivity contribution in [2.24, 2.45) is 0 Å². The summed E-state index contributed by atoms with van der Waals surface area (Å²) in [4.78, 5) is 9.82. The van der Waals surface area contributed by atoms with E-state index in [4.69, 9.17) is 38.7 Å².